The first-order chi connectivity index (χ1) is 15.6. The van der Waals surface area contributed by atoms with Crippen LogP contribution in [-0.2, 0) is 9.53 Å². The molecule has 2 heteroatoms. The average Bonchev–Trinajstić information content (AvgIpc) is 3.14. The fourth-order valence-electron chi connectivity index (χ4n) is 9.63. The van der Waals surface area contributed by atoms with Gasteiger partial charge in [0.1, 0.15) is 6.10 Å². The maximum absolute atomic E-state index is 11.9. The third kappa shape index (κ3) is 4.67. The lowest BCUT2D eigenvalue weighted by Gasteiger charge is -2.61. The maximum Gasteiger partial charge on any atom is 0.305 e. The molecule has 0 heterocycles. The highest BCUT2D eigenvalue weighted by molar-refractivity contribution is 5.69. The average molecular weight is 459 g/mol. The van der Waals surface area contributed by atoms with Gasteiger partial charge in [-0.1, -0.05) is 61.3 Å². The number of ether oxygens (including phenoxy) is 1. The van der Waals surface area contributed by atoms with E-state index in [-0.39, 0.29) is 12.1 Å². The Bertz CT molecular complexity index is 684. The van der Waals surface area contributed by atoms with E-state index < -0.39 is 0 Å². The van der Waals surface area contributed by atoms with Crippen LogP contribution in [0.25, 0.3) is 0 Å². The van der Waals surface area contributed by atoms with Gasteiger partial charge in [0, 0.05) is 6.42 Å². The van der Waals surface area contributed by atoms with Gasteiger partial charge < -0.3 is 4.74 Å². The monoisotopic (exact) mass is 458 g/mol. The smallest absolute Gasteiger partial charge is 0.305 e. The summed E-state index contributed by atoms with van der Waals surface area (Å²) in [6.45, 7) is 17.1. The van der Waals surface area contributed by atoms with Gasteiger partial charge in [-0.25, -0.2) is 0 Å². The Kier molecular flexibility index (Phi) is 7.63. The number of hydrogen-bond donors (Lipinski definition) is 0. The van der Waals surface area contributed by atoms with Crippen LogP contribution in [0.4, 0.5) is 0 Å². The van der Waals surface area contributed by atoms with E-state index >= 15 is 0 Å². The number of esters is 1. The van der Waals surface area contributed by atoms with Crippen molar-refractivity contribution in [3.8, 4) is 0 Å². The van der Waals surface area contributed by atoms with Crippen molar-refractivity contribution in [1.82, 2.24) is 0 Å². The zero-order valence-corrected chi connectivity index (χ0v) is 23.0. The number of hydrogen-bond acceptors (Lipinski definition) is 2. The topological polar surface area (TPSA) is 26.3 Å². The lowest BCUT2D eigenvalue weighted by Crippen LogP contribution is -2.54. The van der Waals surface area contributed by atoms with E-state index in [0.29, 0.717) is 17.3 Å². The molecule has 0 N–H and O–H groups in total. The molecule has 4 fully saturated rings. The molecule has 2 nitrogen and oxygen atoms in total. The molecule has 33 heavy (non-hydrogen) atoms. The van der Waals surface area contributed by atoms with Crippen molar-refractivity contribution in [1.29, 1.82) is 0 Å². The predicted molar refractivity (Wildman–Crippen MR) is 138 cm³/mol. The van der Waals surface area contributed by atoms with Crippen LogP contribution in [0.2, 0.25) is 0 Å². The fraction of sp³-hybridized carbons (Fsp3) is 0.968. The van der Waals surface area contributed by atoms with Gasteiger partial charge in [-0.05, 0) is 116 Å². The first kappa shape index (κ1) is 25.6. The minimum Gasteiger partial charge on any atom is -0.462 e. The predicted octanol–water partition coefficient (Wildman–Crippen LogP) is 8.68. The van der Waals surface area contributed by atoms with Gasteiger partial charge in [0.05, 0.1) is 0 Å². The molecule has 0 aliphatic heterocycles. The molecule has 10 atom stereocenters. The zero-order valence-electron chi connectivity index (χ0n) is 23.0. The van der Waals surface area contributed by atoms with Crippen LogP contribution in [0.3, 0.4) is 0 Å². The van der Waals surface area contributed by atoms with Gasteiger partial charge in [0.15, 0.2) is 0 Å². The summed E-state index contributed by atoms with van der Waals surface area (Å²) in [5, 5.41) is 0. The van der Waals surface area contributed by atoms with Crippen molar-refractivity contribution in [2.75, 3.05) is 0 Å². The number of carbonyl (C=O) groups is 1. The third-order valence-corrected chi connectivity index (χ3v) is 12.2. The summed E-state index contributed by atoms with van der Waals surface area (Å²) in [6.07, 6.45) is 15.7. The Morgan fingerprint density at radius 1 is 0.879 bits per heavy atom. The quantitative estimate of drug-likeness (QED) is 0.357. The summed E-state index contributed by atoms with van der Waals surface area (Å²) in [4.78, 5) is 11.9. The Hall–Kier alpha value is -0.530. The van der Waals surface area contributed by atoms with Crippen LogP contribution >= 0.6 is 0 Å². The Morgan fingerprint density at radius 2 is 1.58 bits per heavy atom. The van der Waals surface area contributed by atoms with Crippen LogP contribution in [-0.4, -0.2) is 12.1 Å². The summed E-state index contributed by atoms with van der Waals surface area (Å²) in [6, 6.07) is 0. The van der Waals surface area contributed by atoms with E-state index in [9.17, 15) is 4.79 Å². The molecular formula is C31H54O2. The maximum atomic E-state index is 11.9. The van der Waals surface area contributed by atoms with E-state index in [1.165, 1.54) is 57.8 Å². The number of fused-ring (bicyclic) bond motifs is 5. The van der Waals surface area contributed by atoms with E-state index in [0.717, 1.165) is 60.2 Å². The van der Waals surface area contributed by atoms with E-state index in [4.69, 9.17) is 4.74 Å². The molecule has 4 saturated carbocycles. The molecule has 4 aliphatic carbocycles. The Balaban J connectivity index is 1.42. The zero-order chi connectivity index (χ0) is 24.0. The number of rotatable bonds is 7. The van der Waals surface area contributed by atoms with E-state index in [2.05, 4.69) is 41.5 Å². The van der Waals surface area contributed by atoms with Crippen LogP contribution in [0.5, 0.6) is 0 Å². The lowest BCUT2D eigenvalue weighted by atomic mass is 9.44. The van der Waals surface area contributed by atoms with Crippen molar-refractivity contribution < 1.29 is 9.53 Å². The lowest BCUT2D eigenvalue weighted by molar-refractivity contribution is -0.162. The first-order valence-electron chi connectivity index (χ1n) is 14.8. The van der Waals surface area contributed by atoms with Crippen molar-refractivity contribution >= 4 is 5.97 Å². The molecule has 0 spiro atoms. The van der Waals surface area contributed by atoms with Crippen molar-refractivity contribution in [3.05, 3.63) is 0 Å². The SMILES string of the molecule is CCC(=O)OC1CC[C@@]2(C)C(CC[C@H]3[C@@H]4CC[C@H]([C@H](C)CC[C@H](C)C(C)C)[C@@]4(C)CC[C@@H]32)C1. The van der Waals surface area contributed by atoms with Crippen LogP contribution < -0.4 is 0 Å². The molecule has 4 aliphatic rings. The van der Waals surface area contributed by atoms with Crippen molar-refractivity contribution in [2.45, 2.75) is 132 Å². The number of carbonyl (C=O) groups excluding carboxylic acids is 1. The third-order valence-electron chi connectivity index (χ3n) is 12.2. The highest BCUT2D eigenvalue weighted by Gasteiger charge is 2.60. The molecule has 190 valence electrons. The summed E-state index contributed by atoms with van der Waals surface area (Å²) in [5.41, 5.74) is 1.06. The summed E-state index contributed by atoms with van der Waals surface area (Å²) < 4.78 is 5.81. The van der Waals surface area contributed by atoms with Crippen molar-refractivity contribution in [2.24, 2.45) is 58.2 Å². The highest BCUT2D eigenvalue weighted by atomic mass is 16.5. The van der Waals surface area contributed by atoms with Gasteiger partial charge in [-0.15, -0.1) is 0 Å². The standard InChI is InChI=1S/C31H54O2/c1-8-29(32)33-24-15-17-30(6)23(19-24)11-12-25-27-14-13-26(31(27,7)18-16-28(25)30)22(5)10-9-21(4)20(2)3/h20-28H,8-19H2,1-7H3/t21-,22+,23?,24?,25-,26+,27-,28-,30-,31+/m0/s1. The second-order valence-corrected chi connectivity index (χ2v) is 13.9. The first-order valence-corrected chi connectivity index (χ1v) is 14.8. The molecule has 0 aromatic carbocycles. The van der Waals surface area contributed by atoms with E-state index in [1.807, 2.05) is 6.92 Å². The van der Waals surface area contributed by atoms with Crippen LogP contribution in [0.1, 0.15) is 126 Å². The minimum atomic E-state index is -0.000345. The van der Waals surface area contributed by atoms with Gasteiger partial charge in [0.2, 0.25) is 0 Å². The van der Waals surface area contributed by atoms with Gasteiger partial charge in [-0.3, -0.25) is 4.79 Å². The molecule has 0 amide bonds. The molecule has 0 bridgehead atoms. The summed E-state index contributed by atoms with van der Waals surface area (Å²) in [7, 11) is 0. The molecule has 0 saturated heterocycles. The van der Waals surface area contributed by atoms with Gasteiger partial charge in [-0.2, -0.15) is 0 Å². The summed E-state index contributed by atoms with van der Waals surface area (Å²) >= 11 is 0. The molecular weight excluding hydrogens is 404 g/mol. The molecule has 0 aromatic heterocycles. The normalized spacial score (nSPS) is 44.5. The van der Waals surface area contributed by atoms with Crippen LogP contribution in [0.15, 0.2) is 0 Å². The van der Waals surface area contributed by atoms with Crippen molar-refractivity contribution in [3.63, 3.8) is 0 Å². The molecule has 2 unspecified atom stereocenters. The molecule has 4 rings (SSSR count). The Labute approximate surface area is 205 Å². The fourth-order valence-corrected chi connectivity index (χ4v) is 9.63. The Morgan fingerprint density at radius 3 is 2.27 bits per heavy atom. The minimum absolute atomic E-state index is 0.000345. The largest absolute Gasteiger partial charge is 0.462 e. The molecule has 0 aromatic rings. The second kappa shape index (κ2) is 9.85. The van der Waals surface area contributed by atoms with E-state index in [1.54, 1.807) is 0 Å². The van der Waals surface area contributed by atoms with Gasteiger partial charge >= 0.3 is 5.97 Å². The van der Waals surface area contributed by atoms with Gasteiger partial charge in [0.25, 0.3) is 0 Å². The van der Waals surface area contributed by atoms with Crippen LogP contribution in [0, 0.1) is 58.2 Å². The molecule has 0 radical (unpaired) electrons. The highest BCUT2D eigenvalue weighted by Crippen LogP contribution is 2.68. The second-order valence-electron chi connectivity index (χ2n) is 13.9. The summed E-state index contributed by atoms with van der Waals surface area (Å²) in [5.74, 6) is 7.08.